The summed E-state index contributed by atoms with van der Waals surface area (Å²) in [6.45, 7) is 1.67. The van der Waals surface area contributed by atoms with Gasteiger partial charge >= 0.3 is 0 Å². The molecule has 40 heavy (non-hydrogen) atoms. The van der Waals surface area contributed by atoms with E-state index >= 15 is 0 Å². The third kappa shape index (κ3) is 4.97. The monoisotopic (exact) mass is 542 g/mol. The largest absolute Gasteiger partial charge is 0.495 e. The number of non-ortho nitro benzene ring substituents is 1. The summed E-state index contributed by atoms with van der Waals surface area (Å²) >= 11 is 0. The van der Waals surface area contributed by atoms with Crippen molar-refractivity contribution in [2.24, 2.45) is 0 Å². The van der Waals surface area contributed by atoms with Crippen molar-refractivity contribution in [3.05, 3.63) is 117 Å². The van der Waals surface area contributed by atoms with Crippen molar-refractivity contribution in [3.63, 3.8) is 0 Å². The van der Waals surface area contributed by atoms with Crippen LogP contribution in [0.15, 0.2) is 90.3 Å². The van der Waals surface area contributed by atoms with E-state index in [-0.39, 0.29) is 22.6 Å². The Morgan fingerprint density at radius 1 is 1.05 bits per heavy atom. The highest BCUT2D eigenvalue weighted by Crippen LogP contribution is 2.39. The van der Waals surface area contributed by atoms with Gasteiger partial charge < -0.3 is 20.7 Å². The number of methoxy groups -OCH3 is 1. The Bertz CT molecular complexity index is 1660. The summed E-state index contributed by atoms with van der Waals surface area (Å²) in [6, 6.07) is 17.1. The molecule has 1 aliphatic rings. The fourth-order valence-electron chi connectivity index (χ4n) is 4.50. The Morgan fingerprint density at radius 2 is 1.80 bits per heavy atom. The van der Waals surface area contributed by atoms with Crippen LogP contribution in [0.1, 0.15) is 28.9 Å². The van der Waals surface area contributed by atoms with Gasteiger partial charge in [0.2, 0.25) is 0 Å². The van der Waals surface area contributed by atoms with E-state index in [1.165, 1.54) is 60.5 Å². The number of anilines is 3. The second kappa shape index (κ2) is 10.7. The molecule has 0 saturated carbocycles. The number of halogens is 1. The minimum Gasteiger partial charge on any atom is -0.495 e. The molecule has 5 rings (SSSR count). The number of hydrogen-bond donors (Lipinski definition) is 3. The van der Waals surface area contributed by atoms with E-state index in [0.29, 0.717) is 28.4 Å². The highest BCUT2D eigenvalue weighted by molar-refractivity contribution is 6.09. The second-order valence-corrected chi connectivity index (χ2v) is 8.89. The first kappa shape index (κ1) is 26.1. The lowest BCUT2D eigenvalue weighted by atomic mass is 9.94. The average molecular weight is 543 g/mol. The Morgan fingerprint density at radius 3 is 2.52 bits per heavy atom. The maximum absolute atomic E-state index is 13.7. The zero-order chi connectivity index (χ0) is 28.4. The smallest absolute Gasteiger partial charge is 0.269 e. The number of ether oxygens (including phenoxy) is 1. The maximum Gasteiger partial charge on any atom is 0.269 e. The molecular weight excluding hydrogens is 519 g/mol. The molecule has 0 fully saturated rings. The van der Waals surface area contributed by atoms with E-state index < -0.39 is 28.6 Å². The molecule has 2 amide bonds. The molecule has 11 nitrogen and oxygen atoms in total. The molecule has 0 radical (unpaired) electrons. The summed E-state index contributed by atoms with van der Waals surface area (Å²) in [5.41, 5.74) is 1.85. The molecule has 3 N–H and O–H groups in total. The fourth-order valence-corrected chi connectivity index (χ4v) is 4.50. The van der Waals surface area contributed by atoms with E-state index in [0.717, 1.165) is 0 Å². The molecule has 1 atom stereocenters. The van der Waals surface area contributed by atoms with E-state index in [1.807, 2.05) is 0 Å². The van der Waals surface area contributed by atoms with Gasteiger partial charge in [-0.2, -0.15) is 5.10 Å². The first-order chi connectivity index (χ1) is 19.3. The Kier molecular flexibility index (Phi) is 6.98. The second-order valence-electron chi connectivity index (χ2n) is 8.89. The number of carbonyl (C=O) groups excluding carboxylic acids is 2. The molecule has 0 bridgehead atoms. The van der Waals surface area contributed by atoms with Crippen molar-refractivity contribution in [2.75, 3.05) is 23.1 Å². The van der Waals surface area contributed by atoms with Gasteiger partial charge in [0, 0.05) is 23.5 Å². The zero-order valence-corrected chi connectivity index (χ0v) is 21.3. The molecule has 4 aromatic rings. The number of aromatic nitrogens is 2. The molecule has 202 valence electrons. The van der Waals surface area contributed by atoms with Crippen molar-refractivity contribution < 1.29 is 23.6 Å². The summed E-state index contributed by atoms with van der Waals surface area (Å²) in [5, 5.41) is 24.6. The number of amides is 2. The van der Waals surface area contributed by atoms with Crippen molar-refractivity contribution in [2.45, 2.75) is 13.0 Å². The van der Waals surface area contributed by atoms with Gasteiger partial charge in [-0.25, -0.2) is 9.07 Å². The van der Waals surface area contributed by atoms with Crippen molar-refractivity contribution in [1.29, 1.82) is 0 Å². The summed E-state index contributed by atoms with van der Waals surface area (Å²) in [6.07, 6.45) is 1.33. The Hall–Kier alpha value is -5.52. The zero-order valence-electron chi connectivity index (χ0n) is 21.3. The predicted octanol–water partition coefficient (Wildman–Crippen LogP) is 5.12. The molecule has 2 heterocycles. The summed E-state index contributed by atoms with van der Waals surface area (Å²) in [4.78, 5) is 37.9. The number of carbonyl (C=O) groups is 2. The van der Waals surface area contributed by atoms with Gasteiger partial charge in [0.15, 0.2) is 0 Å². The molecular formula is C28H23FN6O5. The molecule has 1 unspecified atom stereocenters. The molecule has 1 aliphatic heterocycles. The summed E-state index contributed by atoms with van der Waals surface area (Å²) in [5.74, 6) is -0.730. The van der Waals surface area contributed by atoms with Crippen LogP contribution in [0, 0.1) is 15.9 Å². The van der Waals surface area contributed by atoms with Crippen molar-refractivity contribution in [3.8, 4) is 5.75 Å². The van der Waals surface area contributed by atoms with Crippen LogP contribution in [0.4, 0.5) is 27.3 Å². The van der Waals surface area contributed by atoms with Gasteiger partial charge in [-0.3, -0.25) is 19.7 Å². The normalized spacial score (nSPS) is 14.1. The first-order valence-corrected chi connectivity index (χ1v) is 12.1. The van der Waals surface area contributed by atoms with E-state index in [4.69, 9.17) is 4.74 Å². The fraction of sp³-hybridized carbons (Fsp3) is 0.107. The topological polar surface area (TPSA) is 140 Å². The van der Waals surface area contributed by atoms with Crippen LogP contribution in [-0.4, -0.2) is 33.6 Å². The lowest BCUT2D eigenvalue weighted by Gasteiger charge is -2.30. The Labute approximate surface area is 227 Å². The van der Waals surface area contributed by atoms with E-state index in [2.05, 4.69) is 21.0 Å². The highest BCUT2D eigenvalue weighted by Gasteiger charge is 2.36. The number of benzene rings is 3. The minimum atomic E-state index is -0.918. The van der Waals surface area contributed by atoms with Crippen LogP contribution in [-0.2, 0) is 4.79 Å². The number of rotatable bonds is 7. The molecule has 0 spiro atoms. The lowest BCUT2D eigenvalue weighted by molar-refractivity contribution is -0.384. The standard InChI is InChI=1S/C28H23FN6O5/c1-16-24(28(37)33-22-8-3-4-9-23(22)40-2)25(17-6-5-7-20(14-17)35(38)39)34-26(31-16)21(15-30-34)27(36)32-19-12-10-18(29)11-13-19/h3-15,25,31H,1-2H3,(H,32,36)(H,33,37). The van der Waals surface area contributed by atoms with E-state index in [9.17, 15) is 24.1 Å². The van der Waals surface area contributed by atoms with Gasteiger partial charge in [0.25, 0.3) is 17.5 Å². The van der Waals surface area contributed by atoms with Gasteiger partial charge in [-0.1, -0.05) is 24.3 Å². The van der Waals surface area contributed by atoms with Gasteiger partial charge in [-0.15, -0.1) is 0 Å². The van der Waals surface area contributed by atoms with Crippen LogP contribution in [0.25, 0.3) is 0 Å². The van der Waals surface area contributed by atoms with Crippen LogP contribution >= 0.6 is 0 Å². The van der Waals surface area contributed by atoms with Crippen LogP contribution in [0.2, 0.25) is 0 Å². The van der Waals surface area contributed by atoms with Gasteiger partial charge in [0.1, 0.15) is 29.0 Å². The predicted molar refractivity (Wildman–Crippen MR) is 146 cm³/mol. The van der Waals surface area contributed by atoms with Crippen molar-refractivity contribution in [1.82, 2.24) is 9.78 Å². The number of hydrogen-bond acceptors (Lipinski definition) is 7. The average Bonchev–Trinajstić information content (AvgIpc) is 3.37. The number of nitro groups is 1. The third-order valence-electron chi connectivity index (χ3n) is 6.37. The number of nitrogens with one attached hydrogen (secondary N) is 3. The molecule has 0 saturated heterocycles. The maximum atomic E-state index is 13.7. The number of nitro benzene ring substituents is 1. The lowest BCUT2D eigenvalue weighted by Crippen LogP contribution is -2.32. The van der Waals surface area contributed by atoms with Crippen LogP contribution in [0.5, 0.6) is 5.75 Å². The van der Waals surface area contributed by atoms with Gasteiger partial charge in [-0.05, 0) is 48.9 Å². The summed E-state index contributed by atoms with van der Waals surface area (Å²) in [7, 11) is 1.48. The molecule has 1 aromatic heterocycles. The molecule has 12 heteroatoms. The quantitative estimate of drug-likeness (QED) is 0.217. The van der Waals surface area contributed by atoms with Crippen molar-refractivity contribution >= 4 is 34.7 Å². The molecule has 3 aromatic carbocycles. The van der Waals surface area contributed by atoms with Gasteiger partial charge in [0.05, 0.1) is 29.5 Å². The SMILES string of the molecule is COc1ccccc1NC(=O)C1=C(C)Nc2c(C(=O)Nc3ccc(F)cc3)cnn2C1c1cccc([N+](=O)[O-])c1. The van der Waals surface area contributed by atoms with Crippen LogP contribution < -0.4 is 20.7 Å². The summed E-state index contributed by atoms with van der Waals surface area (Å²) < 4.78 is 20.1. The number of para-hydroxylation sites is 2. The molecule has 0 aliphatic carbocycles. The highest BCUT2D eigenvalue weighted by atomic mass is 19.1. The Balaban J connectivity index is 1.57. The minimum absolute atomic E-state index is 0.156. The van der Waals surface area contributed by atoms with E-state index in [1.54, 1.807) is 37.3 Å². The first-order valence-electron chi connectivity index (χ1n) is 12.1. The number of allylic oxidation sites excluding steroid dienone is 1. The van der Waals surface area contributed by atoms with Crippen LogP contribution in [0.3, 0.4) is 0 Å². The number of nitrogens with zero attached hydrogens (tertiary/aromatic N) is 3. The number of fused-ring (bicyclic) bond motifs is 1. The third-order valence-corrected chi connectivity index (χ3v) is 6.37.